The summed E-state index contributed by atoms with van der Waals surface area (Å²) in [6.45, 7) is 4.26. The number of aromatic nitrogens is 5. The first-order valence-corrected chi connectivity index (χ1v) is 16.8. The van der Waals surface area contributed by atoms with Gasteiger partial charge in [-0.2, -0.15) is 0 Å². The number of benzene rings is 2. The number of anilines is 1. The number of nitrogens with two attached hydrogens (primary N) is 1. The predicted molar refractivity (Wildman–Crippen MR) is 178 cm³/mol. The lowest BCUT2D eigenvalue weighted by Gasteiger charge is -2.27. The number of carbonyl (C=O) groups is 1. The molecule has 4 fully saturated rings. The fourth-order valence-electron chi connectivity index (χ4n) is 8.36. The summed E-state index contributed by atoms with van der Waals surface area (Å²) in [5, 5.41) is 1.22. The first-order valence-electron chi connectivity index (χ1n) is 16.8. The normalized spacial score (nSPS) is 24.1. The van der Waals surface area contributed by atoms with Crippen LogP contribution in [0.4, 0.5) is 5.95 Å². The fraction of sp³-hybridized carbons (Fsp3) is 0.444. The molecular weight excluding hydrogens is 576 g/mol. The van der Waals surface area contributed by atoms with Crippen molar-refractivity contribution < 1.29 is 9.53 Å². The van der Waals surface area contributed by atoms with Crippen molar-refractivity contribution in [1.29, 1.82) is 0 Å². The van der Waals surface area contributed by atoms with Crippen LogP contribution in [0.1, 0.15) is 42.5 Å². The van der Waals surface area contributed by atoms with Gasteiger partial charge in [0, 0.05) is 73.7 Å². The Morgan fingerprint density at radius 1 is 0.935 bits per heavy atom. The third-order valence-electron chi connectivity index (χ3n) is 10.9. The highest BCUT2D eigenvalue weighted by molar-refractivity contribution is 6.00. The van der Waals surface area contributed by atoms with E-state index in [1.165, 1.54) is 23.7 Å². The molecule has 3 aromatic heterocycles. The number of hydrogen-bond acceptors (Lipinski definition) is 7. The van der Waals surface area contributed by atoms with Gasteiger partial charge in [0.25, 0.3) is 5.91 Å². The average molecular weight is 617 g/mol. The van der Waals surface area contributed by atoms with Crippen LogP contribution in [0.2, 0.25) is 0 Å². The lowest BCUT2D eigenvalue weighted by Crippen LogP contribution is -2.41. The zero-order valence-corrected chi connectivity index (χ0v) is 26.3. The summed E-state index contributed by atoms with van der Waals surface area (Å²) in [4.78, 5) is 32.6. The monoisotopic (exact) mass is 616 g/mol. The van der Waals surface area contributed by atoms with Gasteiger partial charge in [0.1, 0.15) is 11.3 Å². The van der Waals surface area contributed by atoms with Crippen molar-refractivity contribution in [2.24, 2.45) is 23.5 Å². The van der Waals surface area contributed by atoms with Crippen LogP contribution in [0.25, 0.3) is 33.5 Å². The van der Waals surface area contributed by atoms with Crippen LogP contribution < -0.4 is 15.4 Å². The van der Waals surface area contributed by atoms with Crippen LogP contribution in [0, 0.1) is 17.8 Å². The minimum absolute atomic E-state index is 0.0242. The van der Waals surface area contributed by atoms with Crippen molar-refractivity contribution in [3.8, 4) is 17.3 Å². The van der Waals surface area contributed by atoms with Gasteiger partial charge in [-0.25, -0.2) is 15.0 Å². The number of amides is 1. The molecule has 2 aromatic carbocycles. The van der Waals surface area contributed by atoms with Crippen LogP contribution in [0.3, 0.4) is 0 Å². The molecule has 0 spiro atoms. The summed E-state index contributed by atoms with van der Waals surface area (Å²) in [6.07, 6.45) is 9.26. The third kappa shape index (κ3) is 4.56. The SMILES string of the molecule is COc1cc(C(=O)N2C[C@H]3CC[C@@H]2[C@@H]3N)cc2nc(-c3cc4ccccc4n3CC3CC3)n(C[C@@H]3CCN(c4ncccn4)C3)c12. The molecule has 2 aliphatic heterocycles. The topological polar surface area (TPSA) is 107 Å². The number of piperidine rings is 1. The number of imidazole rings is 1. The van der Waals surface area contributed by atoms with E-state index in [9.17, 15) is 4.79 Å². The molecule has 5 aromatic rings. The predicted octanol–water partition coefficient (Wildman–Crippen LogP) is 4.95. The van der Waals surface area contributed by atoms with E-state index in [1.807, 2.05) is 23.1 Å². The standard InChI is InChI=1S/C36H40N8O2/c1-46-31-17-26(35(45)43-21-25-9-10-29(43)32(25)37)15-27-33(31)44(20-23-11-14-41(18-23)36-38-12-4-13-39-36)34(40-27)30-16-24-5-2-3-6-28(24)42(30)19-22-7-8-22/h2-6,12-13,15-17,22-23,25,29,32H,7-11,14,18-21,37H2,1H3/t23-,25-,29-,32-/m1/s1. The second-order valence-corrected chi connectivity index (χ2v) is 13.8. The second-order valence-electron chi connectivity index (χ2n) is 13.8. The molecule has 236 valence electrons. The Bertz CT molecular complexity index is 1950. The molecule has 9 rings (SSSR count). The Balaban J connectivity index is 1.16. The quantitative estimate of drug-likeness (QED) is 0.263. The van der Waals surface area contributed by atoms with Crippen molar-refractivity contribution >= 4 is 33.8 Å². The maximum atomic E-state index is 14.0. The molecule has 2 saturated carbocycles. The molecule has 2 saturated heterocycles. The zero-order chi connectivity index (χ0) is 30.9. The second kappa shape index (κ2) is 10.8. The number of ether oxygens (including phenoxy) is 1. The molecular formula is C36H40N8O2. The van der Waals surface area contributed by atoms with E-state index in [4.69, 9.17) is 15.5 Å². The van der Waals surface area contributed by atoms with Crippen molar-refractivity contribution in [3.05, 3.63) is 66.5 Å². The number of para-hydroxylation sites is 1. The number of carbonyl (C=O) groups excluding carboxylic acids is 1. The van der Waals surface area contributed by atoms with Crippen molar-refractivity contribution in [2.45, 2.75) is 57.3 Å². The first kappa shape index (κ1) is 27.8. The van der Waals surface area contributed by atoms with Gasteiger partial charge in [-0.15, -0.1) is 0 Å². The molecule has 10 nitrogen and oxygen atoms in total. The summed E-state index contributed by atoms with van der Waals surface area (Å²) in [6, 6.07) is 16.9. The first-order chi connectivity index (χ1) is 22.6. The van der Waals surface area contributed by atoms with Crippen LogP contribution in [0.15, 0.2) is 60.9 Å². The molecule has 2 bridgehead atoms. The molecule has 2 N–H and O–H groups in total. The molecule has 5 heterocycles. The molecule has 4 aliphatic rings. The smallest absolute Gasteiger partial charge is 0.254 e. The minimum atomic E-state index is 0.0242. The number of nitrogens with zero attached hydrogens (tertiary/aromatic N) is 7. The van der Waals surface area contributed by atoms with E-state index in [1.54, 1.807) is 19.5 Å². The molecule has 1 amide bonds. The van der Waals surface area contributed by atoms with Gasteiger partial charge >= 0.3 is 0 Å². The highest BCUT2D eigenvalue weighted by Gasteiger charge is 2.47. The summed E-state index contributed by atoms with van der Waals surface area (Å²) in [7, 11) is 1.70. The summed E-state index contributed by atoms with van der Waals surface area (Å²) >= 11 is 0. The largest absolute Gasteiger partial charge is 0.494 e. The van der Waals surface area contributed by atoms with E-state index in [0.717, 1.165) is 80.5 Å². The maximum Gasteiger partial charge on any atom is 0.254 e. The Morgan fingerprint density at radius 3 is 2.52 bits per heavy atom. The van der Waals surface area contributed by atoms with Gasteiger partial charge in [0.2, 0.25) is 5.95 Å². The number of rotatable bonds is 8. The lowest BCUT2D eigenvalue weighted by atomic mass is 10.1. The van der Waals surface area contributed by atoms with Gasteiger partial charge in [-0.3, -0.25) is 4.79 Å². The minimum Gasteiger partial charge on any atom is -0.494 e. The summed E-state index contributed by atoms with van der Waals surface area (Å²) < 4.78 is 10.9. The average Bonchev–Trinajstić information content (AvgIpc) is 3.40. The molecule has 46 heavy (non-hydrogen) atoms. The molecule has 0 radical (unpaired) electrons. The third-order valence-corrected chi connectivity index (χ3v) is 10.9. The zero-order valence-electron chi connectivity index (χ0n) is 26.3. The molecule has 2 aliphatic carbocycles. The van der Waals surface area contributed by atoms with Crippen molar-refractivity contribution in [2.75, 3.05) is 31.6 Å². The Labute approximate surface area is 268 Å². The van der Waals surface area contributed by atoms with Crippen LogP contribution in [0.5, 0.6) is 5.75 Å². The van der Waals surface area contributed by atoms with Crippen molar-refractivity contribution in [1.82, 2.24) is 29.0 Å². The molecule has 4 atom stereocenters. The highest BCUT2D eigenvalue weighted by Crippen LogP contribution is 2.41. The highest BCUT2D eigenvalue weighted by atomic mass is 16.5. The maximum absolute atomic E-state index is 14.0. The van der Waals surface area contributed by atoms with Gasteiger partial charge in [0.05, 0.1) is 18.3 Å². The number of methoxy groups -OCH3 is 1. The molecule has 10 heteroatoms. The van der Waals surface area contributed by atoms with E-state index < -0.39 is 0 Å². The Kier molecular flexibility index (Phi) is 6.55. The number of fused-ring (bicyclic) bond motifs is 4. The number of likely N-dealkylation sites (tertiary alicyclic amines) is 1. The van der Waals surface area contributed by atoms with E-state index >= 15 is 0 Å². The van der Waals surface area contributed by atoms with Gasteiger partial charge in [-0.05, 0) is 80.2 Å². The summed E-state index contributed by atoms with van der Waals surface area (Å²) in [5.74, 6) is 3.87. The van der Waals surface area contributed by atoms with Crippen LogP contribution in [-0.4, -0.2) is 73.7 Å². The van der Waals surface area contributed by atoms with E-state index in [0.29, 0.717) is 29.1 Å². The Morgan fingerprint density at radius 2 is 1.76 bits per heavy atom. The van der Waals surface area contributed by atoms with Crippen molar-refractivity contribution in [3.63, 3.8) is 0 Å². The Hall–Kier alpha value is -4.44. The lowest BCUT2D eigenvalue weighted by molar-refractivity contribution is 0.0700. The number of hydrogen-bond donors (Lipinski definition) is 1. The van der Waals surface area contributed by atoms with Gasteiger partial charge in [-0.1, -0.05) is 18.2 Å². The van der Waals surface area contributed by atoms with Crippen LogP contribution in [-0.2, 0) is 13.1 Å². The molecule has 0 unspecified atom stereocenters. The fourth-order valence-corrected chi connectivity index (χ4v) is 8.36. The van der Waals surface area contributed by atoms with Gasteiger partial charge in [0.15, 0.2) is 5.82 Å². The van der Waals surface area contributed by atoms with Crippen LogP contribution >= 0.6 is 0 Å². The summed E-state index contributed by atoms with van der Waals surface area (Å²) in [5.41, 5.74) is 11.2. The van der Waals surface area contributed by atoms with Gasteiger partial charge < -0.3 is 29.4 Å². The van der Waals surface area contributed by atoms with E-state index in [2.05, 4.69) is 54.3 Å². The van der Waals surface area contributed by atoms with E-state index in [-0.39, 0.29) is 18.0 Å².